The number of thiazole rings is 1. The van der Waals surface area contributed by atoms with Gasteiger partial charge in [-0.15, -0.1) is 21.5 Å². The highest BCUT2D eigenvalue weighted by Crippen LogP contribution is 2.32. The lowest BCUT2D eigenvalue weighted by atomic mass is 10.2. The maximum atomic E-state index is 12.4. The lowest BCUT2D eigenvalue weighted by molar-refractivity contribution is -0.113. The highest BCUT2D eigenvalue weighted by Gasteiger charge is 2.17. The van der Waals surface area contributed by atoms with Crippen molar-refractivity contribution >= 4 is 40.0 Å². The first-order valence-electron chi connectivity index (χ1n) is 8.90. The average Bonchev–Trinajstić information content (AvgIpc) is 3.44. The number of aryl methyl sites for hydroxylation is 1. The summed E-state index contributed by atoms with van der Waals surface area (Å²) in [6.45, 7) is 2.22. The van der Waals surface area contributed by atoms with E-state index >= 15 is 0 Å². The fraction of sp³-hybridized carbons (Fsp3) is 0.278. The molecule has 1 aromatic carbocycles. The molecule has 0 aliphatic carbocycles. The van der Waals surface area contributed by atoms with E-state index in [9.17, 15) is 9.59 Å². The molecule has 1 aliphatic heterocycles. The topological polar surface area (TPSA) is 120 Å². The van der Waals surface area contributed by atoms with E-state index in [0.29, 0.717) is 33.2 Å². The van der Waals surface area contributed by atoms with Gasteiger partial charge in [-0.3, -0.25) is 9.59 Å². The Labute approximate surface area is 180 Å². The number of nitrogens with zero attached hydrogens (tertiary/aromatic N) is 4. The predicted octanol–water partition coefficient (Wildman–Crippen LogP) is 1.97. The molecule has 2 amide bonds. The number of fused-ring (bicyclic) bond motifs is 1. The Hall–Kier alpha value is -3.12. The standard InChI is InChI=1S/C18H18N6O4S2/c1-10-7-29-17(20-10)21-15(25)8-30-18-23-22-14(24(18)2)6-19-16(26)11-3-4-12-13(5-11)28-9-27-12/h3-5,7H,6,8-9H2,1-2H3,(H,19,26)(H,20,21,25). The lowest BCUT2D eigenvalue weighted by Crippen LogP contribution is -2.24. The Balaban J connectivity index is 1.29. The summed E-state index contributed by atoms with van der Waals surface area (Å²) in [4.78, 5) is 28.7. The minimum atomic E-state index is -0.261. The van der Waals surface area contributed by atoms with Crippen molar-refractivity contribution in [2.75, 3.05) is 17.9 Å². The largest absolute Gasteiger partial charge is 0.454 e. The summed E-state index contributed by atoms with van der Waals surface area (Å²) < 4.78 is 12.3. The first-order valence-corrected chi connectivity index (χ1v) is 10.8. The molecule has 0 radical (unpaired) electrons. The molecule has 30 heavy (non-hydrogen) atoms. The van der Waals surface area contributed by atoms with E-state index < -0.39 is 0 Å². The molecule has 4 rings (SSSR count). The van der Waals surface area contributed by atoms with Crippen LogP contribution in [0.3, 0.4) is 0 Å². The second kappa shape index (κ2) is 8.71. The van der Waals surface area contributed by atoms with Gasteiger partial charge in [0.1, 0.15) is 0 Å². The molecule has 0 saturated carbocycles. The van der Waals surface area contributed by atoms with Crippen LogP contribution < -0.4 is 20.1 Å². The molecule has 12 heteroatoms. The van der Waals surface area contributed by atoms with Crippen LogP contribution in [0.25, 0.3) is 0 Å². The summed E-state index contributed by atoms with van der Waals surface area (Å²) in [6, 6.07) is 5.01. The van der Waals surface area contributed by atoms with Crippen LogP contribution >= 0.6 is 23.1 Å². The Kier molecular flexibility index (Phi) is 5.86. The van der Waals surface area contributed by atoms with Crippen molar-refractivity contribution in [2.45, 2.75) is 18.6 Å². The van der Waals surface area contributed by atoms with Gasteiger partial charge in [-0.1, -0.05) is 11.8 Å². The molecule has 3 aromatic rings. The molecule has 0 spiro atoms. The quantitative estimate of drug-likeness (QED) is 0.529. The molecule has 2 aromatic heterocycles. The monoisotopic (exact) mass is 446 g/mol. The Morgan fingerprint density at radius 1 is 1.27 bits per heavy atom. The lowest BCUT2D eigenvalue weighted by Gasteiger charge is -2.07. The maximum Gasteiger partial charge on any atom is 0.251 e. The zero-order chi connectivity index (χ0) is 21.1. The number of hydrogen-bond acceptors (Lipinski definition) is 9. The molecule has 0 fully saturated rings. The maximum absolute atomic E-state index is 12.4. The van der Waals surface area contributed by atoms with Crippen LogP contribution in [0.4, 0.5) is 5.13 Å². The summed E-state index contributed by atoms with van der Waals surface area (Å²) in [5, 5.41) is 16.8. The fourth-order valence-electron chi connectivity index (χ4n) is 2.62. The van der Waals surface area contributed by atoms with Gasteiger partial charge in [-0.2, -0.15) is 0 Å². The van der Waals surface area contributed by atoms with E-state index in [4.69, 9.17) is 9.47 Å². The molecular weight excluding hydrogens is 428 g/mol. The van der Waals surface area contributed by atoms with Crippen molar-refractivity contribution in [3.8, 4) is 11.5 Å². The summed E-state index contributed by atoms with van der Waals surface area (Å²) in [5.74, 6) is 1.48. The number of amides is 2. The third-order valence-electron chi connectivity index (χ3n) is 4.16. The van der Waals surface area contributed by atoms with Crippen molar-refractivity contribution in [3.05, 3.63) is 40.7 Å². The van der Waals surface area contributed by atoms with Gasteiger partial charge in [0, 0.05) is 18.0 Å². The van der Waals surface area contributed by atoms with Gasteiger partial charge in [-0.05, 0) is 25.1 Å². The van der Waals surface area contributed by atoms with Crippen LogP contribution in [0.15, 0.2) is 28.7 Å². The first kappa shape index (κ1) is 20.2. The van der Waals surface area contributed by atoms with Gasteiger partial charge in [0.25, 0.3) is 5.91 Å². The normalized spacial score (nSPS) is 12.1. The second-order valence-electron chi connectivity index (χ2n) is 6.34. The minimum absolute atomic E-state index is 0.154. The number of anilines is 1. The second-order valence-corrected chi connectivity index (χ2v) is 8.14. The number of thioether (sulfide) groups is 1. The third-order valence-corrected chi connectivity index (χ3v) is 6.06. The Morgan fingerprint density at radius 2 is 2.10 bits per heavy atom. The number of benzene rings is 1. The van der Waals surface area contributed by atoms with Crippen LogP contribution in [-0.2, 0) is 18.4 Å². The molecular formula is C18H18N6O4S2. The third kappa shape index (κ3) is 4.54. The van der Waals surface area contributed by atoms with Crippen molar-refractivity contribution in [2.24, 2.45) is 7.05 Å². The predicted molar refractivity (Wildman–Crippen MR) is 111 cm³/mol. The molecule has 3 heterocycles. The van der Waals surface area contributed by atoms with Gasteiger partial charge in [0.2, 0.25) is 12.7 Å². The van der Waals surface area contributed by atoms with Crippen LogP contribution in [0.2, 0.25) is 0 Å². The number of nitrogens with one attached hydrogen (secondary N) is 2. The zero-order valence-electron chi connectivity index (χ0n) is 16.2. The van der Waals surface area contributed by atoms with E-state index in [1.807, 2.05) is 12.3 Å². The van der Waals surface area contributed by atoms with Gasteiger partial charge in [0.05, 0.1) is 18.0 Å². The van der Waals surface area contributed by atoms with Crippen molar-refractivity contribution in [1.82, 2.24) is 25.1 Å². The average molecular weight is 447 g/mol. The number of ether oxygens (including phenoxy) is 2. The number of hydrogen-bond donors (Lipinski definition) is 2. The molecule has 156 valence electrons. The molecule has 2 N–H and O–H groups in total. The van der Waals surface area contributed by atoms with Gasteiger partial charge < -0.3 is 24.7 Å². The first-order chi connectivity index (χ1) is 14.5. The Morgan fingerprint density at radius 3 is 2.90 bits per heavy atom. The van der Waals surface area contributed by atoms with Crippen LogP contribution in [0.5, 0.6) is 11.5 Å². The summed E-state index contributed by atoms with van der Waals surface area (Å²) in [7, 11) is 1.78. The summed E-state index contributed by atoms with van der Waals surface area (Å²) in [5.41, 5.74) is 1.33. The van der Waals surface area contributed by atoms with E-state index in [1.54, 1.807) is 29.8 Å². The fourth-order valence-corrected chi connectivity index (χ4v) is 4.05. The molecule has 0 atom stereocenters. The highest BCUT2D eigenvalue weighted by atomic mass is 32.2. The van der Waals surface area contributed by atoms with E-state index in [0.717, 1.165) is 5.69 Å². The van der Waals surface area contributed by atoms with Crippen molar-refractivity contribution in [3.63, 3.8) is 0 Å². The molecule has 0 unspecified atom stereocenters. The van der Waals surface area contributed by atoms with Crippen LogP contribution in [-0.4, -0.2) is 44.1 Å². The summed E-state index contributed by atoms with van der Waals surface area (Å²) >= 11 is 2.64. The van der Waals surface area contributed by atoms with Gasteiger partial charge in [0.15, 0.2) is 27.6 Å². The zero-order valence-corrected chi connectivity index (χ0v) is 17.8. The van der Waals surface area contributed by atoms with Crippen LogP contribution in [0, 0.1) is 6.92 Å². The van der Waals surface area contributed by atoms with Crippen molar-refractivity contribution in [1.29, 1.82) is 0 Å². The highest BCUT2D eigenvalue weighted by molar-refractivity contribution is 7.99. The molecule has 0 bridgehead atoms. The molecule has 10 nitrogen and oxygen atoms in total. The van der Waals surface area contributed by atoms with E-state index in [2.05, 4.69) is 25.8 Å². The van der Waals surface area contributed by atoms with Crippen molar-refractivity contribution < 1.29 is 19.1 Å². The molecule has 0 saturated heterocycles. The number of carbonyl (C=O) groups is 2. The summed E-state index contributed by atoms with van der Waals surface area (Å²) in [6.07, 6.45) is 0. The number of aromatic nitrogens is 4. The number of rotatable bonds is 7. The SMILES string of the molecule is Cc1csc(NC(=O)CSc2nnc(CNC(=O)c3ccc4c(c3)OCO4)n2C)n1. The number of carbonyl (C=O) groups excluding carboxylic acids is 2. The van der Waals surface area contributed by atoms with E-state index in [1.165, 1.54) is 23.1 Å². The minimum Gasteiger partial charge on any atom is -0.454 e. The van der Waals surface area contributed by atoms with E-state index in [-0.39, 0.29) is 30.9 Å². The van der Waals surface area contributed by atoms with Gasteiger partial charge in [-0.25, -0.2) is 4.98 Å². The molecule has 1 aliphatic rings. The van der Waals surface area contributed by atoms with Crippen LogP contribution in [0.1, 0.15) is 21.9 Å². The van der Waals surface area contributed by atoms with Gasteiger partial charge >= 0.3 is 0 Å². The Bertz CT molecular complexity index is 1100. The smallest absolute Gasteiger partial charge is 0.251 e.